The van der Waals surface area contributed by atoms with Crippen LogP contribution in [0.5, 0.6) is 0 Å². The average molecular weight is 274 g/mol. The molecule has 2 rings (SSSR count). The Morgan fingerprint density at radius 1 is 1.17 bits per heavy atom. The van der Waals surface area contributed by atoms with Crippen molar-refractivity contribution in [3.8, 4) is 0 Å². The molecule has 2 aliphatic rings. The second-order valence-corrected chi connectivity index (χ2v) is 7.77. The molecule has 0 aromatic heterocycles. The van der Waals surface area contributed by atoms with Gasteiger partial charge in [0.05, 0.1) is 11.5 Å². The van der Waals surface area contributed by atoms with Gasteiger partial charge in [0.15, 0.2) is 0 Å². The van der Waals surface area contributed by atoms with E-state index < -0.39 is 9.84 Å². The normalized spacial score (nSPS) is 32.3. The van der Waals surface area contributed by atoms with Crippen LogP contribution < -0.4 is 11.1 Å². The number of rotatable bonds is 3. The van der Waals surface area contributed by atoms with E-state index >= 15 is 0 Å². The summed E-state index contributed by atoms with van der Waals surface area (Å²) in [6.45, 7) is 0.567. The molecule has 2 fully saturated rings. The van der Waals surface area contributed by atoms with E-state index in [9.17, 15) is 13.2 Å². The number of sulfone groups is 1. The maximum absolute atomic E-state index is 12.1. The van der Waals surface area contributed by atoms with Crippen molar-refractivity contribution in [3.05, 3.63) is 0 Å². The highest BCUT2D eigenvalue weighted by atomic mass is 32.2. The third kappa shape index (κ3) is 3.23. The number of amides is 1. The smallest absolute Gasteiger partial charge is 0.223 e. The highest BCUT2D eigenvalue weighted by Gasteiger charge is 2.33. The Morgan fingerprint density at radius 2 is 1.83 bits per heavy atom. The molecule has 1 saturated carbocycles. The van der Waals surface area contributed by atoms with Gasteiger partial charge >= 0.3 is 0 Å². The molecule has 1 heterocycles. The van der Waals surface area contributed by atoms with Gasteiger partial charge in [-0.05, 0) is 38.1 Å². The predicted molar refractivity (Wildman–Crippen MR) is 69.7 cm³/mol. The fraction of sp³-hybridized carbons (Fsp3) is 0.917. The Bertz CT molecular complexity index is 394. The zero-order valence-corrected chi connectivity index (χ0v) is 11.4. The largest absolute Gasteiger partial charge is 0.353 e. The SMILES string of the molecule is NCC1CCCC1C(=O)NC1CCS(=O)(=O)CC1. The van der Waals surface area contributed by atoms with Gasteiger partial charge < -0.3 is 11.1 Å². The number of nitrogens with two attached hydrogens (primary N) is 1. The van der Waals surface area contributed by atoms with E-state index in [-0.39, 0.29) is 29.4 Å². The number of nitrogens with one attached hydrogen (secondary N) is 1. The Morgan fingerprint density at radius 3 is 2.44 bits per heavy atom. The minimum atomic E-state index is -2.86. The molecule has 104 valence electrons. The number of carbonyl (C=O) groups is 1. The fourth-order valence-corrected chi connectivity index (χ4v) is 4.50. The molecular formula is C12H22N2O3S. The molecule has 0 aromatic rings. The van der Waals surface area contributed by atoms with Gasteiger partial charge in [-0.1, -0.05) is 6.42 Å². The summed E-state index contributed by atoms with van der Waals surface area (Å²) in [7, 11) is -2.86. The Hall–Kier alpha value is -0.620. The van der Waals surface area contributed by atoms with Gasteiger partial charge in [-0.3, -0.25) is 4.79 Å². The zero-order valence-electron chi connectivity index (χ0n) is 10.6. The van der Waals surface area contributed by atoms with E-state index in [1.54, 1.807) is 0 Å². The first-order chi connectivity index (χ1) is 8.52. The summed E-state index contributed by atoms with van der Waals surface area (Å²) in [5.74, 6) is 0.810. The highest BCUT2D eigenvalue weighted by molar-refractivity contribution is 7.91. The summed E-state index contributed by atoms with van der Waals surface area (Å²) in [6, 6.07) is 0.0278. The molecule has 0 aromatic carbocycles. The molecule has 2 atom stereocenters. The second-order valence-electron chi connectivity index (χ2n) is 5.47. The van der Waals surface area contributed by atoms with Crippen molar-refractivity contribution in [2.45, 2.75) is 38.1 Å². The van der Waals surface area contributed by atoms with Gasteiger partial charge in [-0.25, -0.2) is 8.42 Å². The third-order valence-corrected chi connectivity index (χ3v) is 5.92. The van der Waals surface area contributed by atoms with Crippen LogP contribution in [0.25, 0.3) is 0 Å². The van der Waals surface area contributed by atoms with Gasteiger partial charge in [0.2, 0.25) is 5.91 Å². The third-order valence-electron chi connectivity index (χ3n) is 4.20. The molecule has 1 saturated heterocycles. The van der Waals surface area contributed by atoms with E-state index in [2.05, 4.69) is 5.32 Å². The van der Waals surface area contributed by atoms with Crippen LogP contribution in [0, 0.1) is 11.8 Å². The van der Waals surface area contributed by atoms with Crippen molar-refractivity contribution in [2.24, 2.45) is 17.6 Å². The van der Waals surface area contributed by atoms with Crippen LogP contribution in [0.2, 0.25) is 0 Å². The van der Waals surface area contributed by atoms with Crippen LogP contribution in [0.15, 0.2) is 0 Å². The topological polar surface area (TPSA) is 89.3 Å². The maximum atomic E-state index is 12.1. The molecule has 1 aliphatic carbocycles. The quantitative estimate of drug-likeness (QED) is 0.761. The number of hydrogen-bond donors (Lipinski definition) is 2. The van der Waals surface area contributed by atoms with Crippen LogP contribution in [-0.4, -0.2) is 38.4 Å². The van der Waals surface area contributed by atoms with Gasteiger partial charge in [0.1, 0.15) is 9.84 Å². The molecule has 18 heavy (non-hydrogen) atoms. The minimum absolute atomic E-state index is 0.0278. The van der Waals surface area contributed by atoms with Gasteiger partial charge in [0.25, 0.3) is 0 Å². The molecule has 1 aliphatic heterocycles. The molecule has 3 N–H and O–H groups in total. The maximum Gasteiger partial charge on any atom is 0.223 e. The molecule has 5 nitrogen and oxygen atoms in total. The lowest BCUT2D eigenvalue weighted by Gasteiger charge is -2.26. The van der Waals surface area contributed by atoms with Crippen LogP contribution in [-0.2, 0) is 14.6 Å². The zero-order chi connectivity index (χ0) is 13.2. The Kier molecular flexibility index (Phi) is 4.27. The fourth-order valence-electron chi connectivity index (χ4n) is 3.01. The van der Waals surface area contributed by atoms with Crippen molar-refractivity contribution >= 4 is 15.7 Å². The first kappa shape index (κ1) is 13.8. The van der Waals surface area contributed by atoms with Crippen molar-refractivity contribution in [2.75, 3.05) is 18.1 Å². The average Bonchev–Trinajstić information content (AvgIpc) is 2.80. The van der Waals surface area contributed by atoms with Gasteiger partial charge in [-0.15, -0.1) is 0 Å². The lowest BCUT2D eigenvalue weighted by molar-refractivity contribution is -0.126. The molecule has 0 bridgehead atoms. The van der Waals surface area contributed by atoms with E-state index in [1.165, 1.54) is 0 Å². The van der Waals surface area contributed by atoms with Gasteiger partial charge in [0, 0.05) is 12.0 Å². The summed E-state index contributed by atoms with van der Waals surface area (Å²) in [5, 5.41) is 3.00. The van der Waals surface area contributed by atoms with E-state index in [0.29, 0.717) is 25.3 Å². The second kappa shape index (κ2) is 5.57. The standard InChI is InChI=1S/C12H22N2O3S/c13-8-9-2-1-3-11(9)12(15)14-10-4-6-18(16,17)7-5-10/h9-11H,1-8,13H2,(H,14,15). The highest BCUT2D eigenvalue weighted by Crippen LogP contribution is 2.31. The van der Waals surface area contributed by atoms with Crippen molar-refractivity contribution in [1.82, 2.24) is 5.32 Å². The van der Waals surface area contributed by atoms with Crippen LogP contribution in [0.1, 0.15) is 32.1 Å². The molecule has 2 unspecified atom stereocenters. The van der Waals surface area contributed by atoms with Crippen molar-refractivity contribution in [3.63, 3.8) is 0 Å². The monoisotopic (exact) mass is 274 g/mol. The predicted octanol–water partition coefficient (Wildman–Crippen LogP) is 0.0548. The molecule has 1 amide bonds. The lowest BCUT2D eigenvalue weighted by Crippen LogP contribution is -2.44. The molecule has 6 heteroatoms. The lowest BCUT2D eigenvalue weighted by atomic mass is 9.95. The van der Waals surface area contributed by atoms with Crippen LogP contribution >= 0.6 is 0 Å². The van der Waals surface area contributed by atoms with Crippen LogP contribution in [0.4, 0.5) is 0 Å². The molecular weight excluding hydrogens is 252 g/mol. The first-order valence-corrected chi connectivity index (χ1v) is 8.55. The van der Waals surface area contributed by atoms with E-state index in [4.69, 9.17) is 5.73 Å². The Balaban J connectivity index is 1.85. The molecule has 0 spiro atoms. The molecule has 0 radical (unpaired) electrons. The van der Waals surface area contributed by atoms with E-state index in [0.717, 1.165) is 19.3 Å². The van der Waals surface area contributed by atoms with Gasteiger partial charge in [-0.2, -0.15) is 0 Å². The minimum Gasteiger partial charge on any atom is -0.353 e. The summed E-state index contributed by atoms with van der Waals surface area (Å²) in [4.78, 5) is 12.1. The summed E-state index contributed by atoms with van der Waals surface area (Å²) >= 11 is 0. The number of hydrogen-bond acceptors (Lipinski definition) is 4. The van der Waals surface area contributed by atoms with Crippen molar-refractivity contribution in [1.29, 1.82) is 0 Å². The summed E-state index contributed by atoms with van der Waals surface area (Å²) in [5.41, 5.74) is 5.67. The van der Waals surface area contributed by atoms with E-state index in [1.807, 2.05) is 0 Å². The summed E-state index contributed by atoms with van der Waals surface area (Å²) < 4.78 is 22.6. The van der Waals surface area contributed by atoms with Crippen molar-refractivity contribution < 1.29 is 13.2 Å². The van der Waals surface area contributed by atoms with Crippen LogP contribution in [0.3, 0.4) is 0 Å². The first-order valence-electron chi connectivity index (χ1n) is 6.72. The summed E-state index contributed by atoms with van der Waals surface area (Å²) in [6.07, 6.45) is 4.12. The number of carbonyl (C=O) groups excluding carboxylic acids is 1. The Labute approximate surface area is 108 Å².